The van der Waals surface area contributed by atoms with Crippen molar-refractivity contribution in [2.75, 3.05) is 7.05 Å². The molecule has 0 aliphatic carbocycles. The van der Waals surface area contributed by atoms with E-state index in [1.807, 2.05) is 25.4 Å². The molecule has 1 aromatic carbocycles. The molecular formula is C11H11Cl2N3. The van der Waals surface area contributed by atoms with Crippen LogP contribution >= 0.6 is 23.2 Å². The van der Waals surface area contributed by atoms with Gasteiger partial charge in [-0.25, -0.2) is 4.68 Å². The Bertz CT molecular complexity index is 494. The van der Waals surface area contributed by atoms with Crippen molar-refractivity contribution in [3.8, 4) is 5.69 Å². The lowest BCUT2D eigenvalue weighted by molar-refractivity contribution is 0.816. The van der Waals surface area contributed by atoms with Gasteiger partial charge in [0.1, 0.15) is 0 Å². The molecule has 0 unspecified atom stereocenters. The summed E-state index contributed by atoms with van der Waals surface area (Å²) in [6.45, 7) is 0.776. The first-order valence-electron chi connectivity index (χ1n) is 4.85. The van der Waals surface area contributed by atoms with Gasteiger partial charge in [0.05, 0.1) is 21.9 Å². The van der Waals surface area contributed by atoms with E-state index >= 15 is 0 Å². The summed E-state index contributed by atoms with van der Waals surface area (Å²) >= 11 is 12.1. The average molecular weight is 256 g/mol. The molecule has 3 nitrogen and oxygen atoms in total. The van der Waals surface area contributed by atoms with Gasteiger partial charge < -0.3 is 5.32 Å². The summed E-state index contributed by atoms with van der Waals surface area (Å²) in [5, 5.41) is 8.35. The van der Waals surface area contributed by atoms with Crippen molar-refractivity contribution >= 4 is 23.2 Å². The number of aromatic nitrogens is 2. The highest BCUT2D eigenvalue weighted by Gasteiger charge is 2.07. The van der Waals surface area contributed by atoms with Gasteiger partial charge in [-0.15, -0.1) is 0 Å². The van der Waals surface area contributed by atoms with Crippen LogP contribution < -0.4 is 5.32 Å². The molecule has 0 amide bonds. The molecule has 16 heavy (non-hydrogen) atoms. The Labute approximate surface area is 104 Å². The normalized spacial score (nSPS) is 10.7. The Morgan fingerprint density at radius 3 is 2.94 bits per heavy atom. The molecule has 1 N–H and O–H groups in total. The predicted molar refractivity (Wildman–Crippen MR) is 66.3 cm³/mol. The van der Waals surface area contributed by atoms with Crippen LogP contribution in [0.2, 0.25) is 10.0 Å². The fourth-order valence-electron chi connectivity index (χ4n) is 1.46. The molecule has 0 spiro atoms. The monoisotopic (exact) mass is 255 g/mol. The van der Waals surface area contributed by atoms with E-state index < -0.39 is 0 Å². The molecule has 0 saturated heterocycles. The first kappa shape index (κ1) is 11.5. The van der Waals surface area contributed by atoms with Gasteiger partial charge >= 0.3 is 0 Å². The minimum absolute atomic E-state index is 0.517. The first-order valence-corrected chi connectivity index (χ1v) is 5.60. The number of hydrogen-bond acceptors (Lipinski definition) is 2. The van der Waals surface area contributed by atoms with E-state index in [-0.39, 0.29) is 0 Å². The minimum atomic E-state index is 0.517. The highest BCUT2D eigenvalue weighted by atomic mass is 35.5. The van der Waals surface area contributed by atoms with Gasteiger partial charge in [-0.2, -0.15) is 5.10 Å². The lowest BCUT2D eigenvalue weighted by Gasteiger charge is -2.04. The maximum absolute atomic E-state index is 6.11. The number of nitrogens with zero attached hydrogens (tertiary/aromatic N) is 2. The topological polar surface area (TPSA) is 29.9 Å². The third-order valence-corrected chi connectivity index (χ3v) is 3.00. The molecule has 2 aromatic rings. The summed E-state index contributed by atoms with van der Waals surface area (Å²) < 4.78 is 1.72. The lowest BCUT2D eigenvalue weighted by atomic mass is 10.3. The fraction of sp³-hybridized carbons (Fsp3) is 0.182. The van der Waals surface area contributed by atoms with E-state index in [9.17, 15) is 0 Å². The molecule has 84 valence electrons. The number of rotatable bonds is 3. The Balaban J connectivity index is 2.39. The Morgan fingerprint density at radius 2 is 2.19 bits per heavy atom. The Morgan fingerprint density at radius 1 is 1.38 bits per heavy atom. The minimum Gasteiger partial charge on any atom is -0.316 e. The van der Waals surface area contributed by atoms with Crippen molar-refractivity contribution in [1.29, 1.82) is 0 Å². The molecule has 5 heteroatoms. The molecule has 0 aliphatic rings. The summed E-state index contributed by atoms with van der Waals surface area (Å²) in [7, 11) is 1.89. The molecule has 0 fully saturated rings. The molecule has 1 heterocycles. The number of hydrogen-bond donors (Lipinski definition) is 1. The zero-order valence-electron chi connectivity index (χ0n) is 8.74. The van der Waals surface area contributed by atoms with Gasteiger partial charge in [-0.3, -0.25) is 0 Å². The summed E-state index contributed by atoms with van der Waals surface area (Å²) in [6.07, 6.45) is 3.72. The maximum Gasteiger partial charge on any atom is 0.0849 e. The van der Waals surface area contributed by atoms with Crippen LogP contribution in [0.4, 0.5) is 0 Å². The van der Waals surface area contributed by atoms with Crippen LogP contribution in [0, 0.1) is 0 Å². The molecule has 2 rings (SSSR count). The van der Waals surface area contributed by atoms with Crippen LogP contribution in [0.15, 0.2) is 30.6 Å². The molecule has 0 radical (unpaired) electrons. The van der Waals surface area contributed by atoms with Gasteiger partial charge in [0, 0.05) is 18.3 Å². The van der Waals surface area contributed by atoms with Gasteiger partial charge in [-0.1, -0.05) is 29.3 Å². The standard InChI is InChI=1S/C11H11Cl2N3/c1-14-5-8-6-15-16(7-8)10-4-2-3-9(12)11(10)13/h2-4,6-7,14H,5H2,1H3. The highest BCUT2D eigenvalue weighted by molar-refractivity contribution is 6.43. The average Bonchev–Trinajstić information content (AvgIpc) is 2.71. The number of benzene rings is 1. The van der Waals surface area contributed by atoms with E-state index in [1.54, 1.807) is 16.9 Å². The smallest absolute Gasteiger partial charge is 0.0849 e. The van der Waals surface area contributed by atoms with Crippen molar-refractivity contribution in [3.05, 3.63) is 46.2 Å². The van der Waals surface area contributed by atoms with Crippen LogP contribution in [0.3, 0.4) is 0 Å². The zero-order chi connectivity index (χ0) is 11.5. The Hall–Kier alpha value is -1.03. The van der Waals surface area contributed by atoms with Crippen LogP contribution in [0.25, 0.3) is 5.69 Å². The molecule has 0 atom stereocenters. The second-order valence-corrected chi connectivity index (χ2v) is 4.18. The van der Waals surface area contributed by atoms with Gasteiger partial charge in [0.15, 0.2) is 0 Å². The lowest BCUT2D eigenvalue weighted by Crippen LogP contribution is -2.03. The SMILES string of the molecule is CNCc1cnn(-c2cccc(Cl)c2Cl)c1. The van der Waals surface area contributed by atoms with E-state index in [2.05, 4.69) is 10.4 Å². The second kappa shape index (κ2) is 4.87. The highest BCUT2D eigenvalue weighted by Crippen LogP contribution is 2.27. The maximum atomic E-state index is 6.11. The third kappa shape index (κ3) is 2.21. The summed E-state index contributed by atoms with van der Waals surface area (Å²) in [4.78, 5) is 0. The van der Waals surface area contributed by atoms with E-state index in [0.29, 0.717) is 10.0 Å². The Kier molecular flexibility index (Phi) is 3.49. The van der Waals surface area contributed by atoms with E-state index in [0.717, 1.165) is 17.8 Å². The van der Waals surface area contributed by atoms with Gasteiger partial charge in [-0.05, 0) is 19.2 Å². The third-order valence-electron chi connectivity index (χ3n) is 2.20. The summed E-state index contributed by atoms with van der Waals surface area (Å²) in [5.74, 6) is 0. The quantitative estimate of drug-likeness (QED) is 0.915. The molecule has 0 aliphatic heterocycles. The van der Waals surface area contributed by atoms with Crippen molar-refractivity contribution in [2.24, 2.45) is 0 Å². The summed E-state index contributed by atoms with van der Waals surface area (Å²) in [5.41, 5.74) is 1.88. The van der Waals surface area contributed by atoms with E-state index in [1.165, 1.54) is 0 Å². The van der Waals surface area contributed by atoms with Crippen molar-refractivity contribution in [3.63, 3.8) is 0 Å². The number of halogens is 2. The number of nitrogens with one attached hydrogen (secondary N) is 1. The van der Waals surface area contributed by atoms with Gasteiger partial charge in [0.2, 0.25) is 0 Å². The first-order chi connectivity index (χ1) is 7.72. The predicted octanol–water partition coefficient (Wildman–Crippen LogP) is 2.90. The molecular weight excluding hydrogens is 245 g/mol. The van der Waals surface area contributed by atoms with Crippen LogP contribution in [0.5, 0.6) is 0 Å². The fourth-order valence-corrected chi connectivity index (χ4v) is 1.84. The zero-order valence-corrected chi connectivity index (χ0v) is 10.3. The van der Waals surface area contributed by atoms with E-state index in [4.69, 9.17) is 23.2 Å². The van der Waals surface area contributed by atoms with Gasteiger partial charge in [0.25, 0.3) is 0 Å². The van der Waals surface area contributed by atoms with Crippen molar-refractivity contribution < 1.29 is 0 Å². The van der Waals surface area contributed by atoms with Crippen molar-refractivity contribution in [1.82, 2.24) is 15.1 Å². The van der Waals surface area contributed by atoms with Crippen LogP contribution in [0.1, 0.15) is 5.56 Å². The molecule has 0 bridgehead atoms. The van der Waals surface area contributed by atoms with Crippen molar-refractivity contribution in [2.45, 2.75) is 6.54 Å². The summed E-state index contributed by atoms with van der Waals surface area (Å²) in [6, 6.07) is 5.48. The van der Waals surface area contributed by atoms with Crippen LogP contribution in [-0.4, -0.2) is 16.8 Å². The molecule has 0 saturated carbocycles. The second-order valence-electron chi connectivity index (χ2n) is 3.40. The largest absolute Gasteiger partial charge is 0.316 e. The van der Waals surface area contributed by atoms with Crippen LogP contribution in [-0.2, 0) is 6.54 Å². The molecule has 1 aromatic heterocycles.